The van der Waals surface area contributed by atoms with E-state index in [1.807, 2.05) is 0 Å². The zero-order chi connectivity index (χ0) is 11.1. The lowest BCUT2D eigenvalue weighted by Gasteiger charge is -2.24. The molecule has 0 spiro atoms. The summed E-state index contributed by atoms with van der Waals surface area (Å²) < 4.78 is 0. The molecule has 15 heavy (non-hydrogen) atoms. The highest BCUT2D eigenvalue weighted by atomic mass is 16.3. The van der Waals surface area contributed by atoms with Crippen LogP contribution in [0.4, 0.5) is 0 Å². The maximum atomic E-state index is 11.6. The van der Waals surface area contributed by atoms with Gasteiger partial charge in [-0.1, -0.05) is 5.92 Å². The Morgan fingerprint density at radius 1 is 1.67 bits per heavy atom. The van der Waals surface area contributed by atoms with Crippen LogP contribution in [0.25, 0.3) is 0 Å². The highest BCUT2D eigenvalue weighted by Crippen LogP contribution is 2.07. The molecule has 0 aromatic heterocycles. The quantitative estimate of drug-likeness (QED) is 0.606. The number of carbonyl (C=O) groups excluding carboxylic acids is 1. The van der Waals surface area contributed by atoms with E-state index in [4.69, 9.17) is 11.5 Å². The molecule has 1 fully saturated rings. The number of rotatable bonds is 5. The van der Waals surface area contributed by atoms with Crippen LogP contribution in [0.2, 0.25) is 0 Å². The van der Waals surface area contributed by atoms with Crippen LogP contribution in [0.3, 0.4) is 0 Å². The van der Waals surface area contributed by atoms with Gasteiger partial charge in [-0.25, -0.2) is 0 Å². The zero-order valence-electron chi connectivity index (χ0n) is 8.91. The van der Waals surface area contributed by atoms with Crippen molar-refractivity contribution in [1.29, 1.82) is 0 Å². The predicted molar refractivity (Wildman–Crippen MR) is 58.1 cm³/mol. The lowest BCUT2D eigenvalue weighted by molar-refractivity contribution is -0.130. The van der Waals surface area contributed by atoms with E-state index in [1.165, 1.54) is 0 Å². The maximum absolute atomic E-state index is 11.6. The Kier molecular flexibility index (Phi) is 5.16. The number of hydrogen-bond acceptors (Lipinski definition) is 3. The van der Waals surface area contributed by atoms with E-state index in [0.29, 0.717) is 19.1 Å². The molecular formula is C11H18N2O2. The van der Waals surface area contributed by atoms with E-state index in [1.54, 1.807) is 4.90 Å². The van der Waals surface area contributed by atoms with Gasteiger partial charge < -0.3 is 15.3 Å². The monoisotopic (exact) mass is 210 g/mol. The molecule has 1 amide bonds. The number of aliphatic hydroxyl groups is 1. The maximum Gasteiger partial charge on any atom is 0.234 e. The first-order valence-corrected chi connectivity index (χ1v) is 5.33. The van der Waals surface area contributed by atoms with E-state index in [9.17, 15) is 4.79 Å². The van der Waals surface area contributed by atoms with E-state index in [2.05, 4.69) is 11.2 Å². The summed E-state index contributed by atoms with van der Waals surface area (Å²) in [5.74, 6) is 2.27. The smallest absolute Gasteiger partial charge is 0.234 e. The molecule has 4 nitrogen and oxygen atoms in total. The Balaban J connectivity index is 2.41. The van der Waals surface area contributed by atoms with Crippen LogP contribution < -0.4 is 5.32 Å². The van der Waals surface area contributed by atoms with Gasteiger partial charge in [-0.05, 0) is 19.4 Å². The first kappa shape index (κ1) is 12.0. The minimum Gasteiger partial charge on any atom is -0.395 e. The topological polar surface area (TPSA) is 52.6 Å². The molecule has 0 bridgehead atoms. The summed E-state index contributed by atoms with van der Waals surface area (Å²) in [4.78, 5) is 13.2. The molecule has 0 aromatic carbocycles. The summed E-state index contributed by atoms with van der Waals surface area (Å²) in [6.45, 7) is 2.03. The molecule has 1 aliphatic rings. The van der Waals surface area contributed by atoms with Gasteiger partial charge in [0.2, 0.25) is 5.91 Å². The number of amides is 1. The van der Waals surface area contributed by atoms with Crippen LogP contribution in [0.5, 0.6) is 0 Å². The Morgan fingerprint density at radius 2 is 2.47 bits per heavy atom. The van der Waals surface area contributed by atoms with E-state index < -0.39 is 0 Å². The van der Waals surface area contributed by atoms with Crippen molar-refractivity contribution in [2.24, 2.45) is 0 Å². The summed E-state index contributed by atoms with van der Waals surface area (Å²) in [5, 5.41) is 12.2. The Labute approximate surface area is 90.6 Å². The molecule has 1 unspecified atom stereocenters. The normalized spacial score (nSPS) is 19.9. The first-order chi connectivity index (χ1) is 7.27. The third-order valence-electron chi connectivity index (χ3n) is 2.58. The van der Waals surface area contributed by atoms with Gasteiger partial charge >= 0.3 is 0 Å². The highest BCUT2D eigenvalue weighted by molar-refractivity contribution is 5.78. The Bertz CT molecular complexity index is 241. The molecule has 0 aliphatic carbocycles. The van der Waals surface area contributed by atoms with Gasteiger partial charge in [0.15, 0.2) is 0 Å². The van der Waals surface area contributed by atoms with E-state index >= 15 is 0 Å². The molecule has 84 valence electrons. The van der Waals surface area contributed by atoms with Crippen molar-refractivity contribution in [3.8, 4) is 12.3 Å². The van der Waals surface area contributed by atoms with Gasteiger partial charge in [0, 0.05) is 19.1 Å². The minimum atomic E-state index is -0.0692. The number of aliphatic hydroxyl groups excluding tert-OH is 1. The van der Waals surface area contributed by atoms with Crippen molar-refractivity contribution in [3.63, 3.8) is 0 Å². The molecule has 1 aliphatic heterocycles. The van der Waals surface area contributed by atoms with Crippen molar-refractivity contribution in [3.05, 3.63) is 0 Å². The van der Waals surface area contributed by atoms with Gasteiger partial charge in [-0.2, -0.15) is 0 Å². The second-order valence-electron chi connectivity index (χ2n) is 3.74. The van der Waals surface area contributed by atoms with Gasteiger partial charge in [0.05, 0.1) is 13.0 Å². The second-order valence-corrected chi connectivity index (χ2v) is 3.74. The summed E-state index contributed by atoms with van der Waals surface area (Å²) >= 11 is 0. The van der Waals surface area contributed by atoms with Crippen LogP contribution in [-0.4, -0.2) is 48.2 Å². The van der Waals surface area contributed by atoms with Crippen LogP contribution in [0.1, 0.15) is 19.3 Å². The number of terminal acetylenes is 1. The largest absolute Gasteiger partial charge is 0.395 e. The van der Waals surface area contributed by atoms with Crippen LogP contribution in [0, 0.1) is 12.3 Å². The van der Waals surface area contributed by atoms with Crippen molar-refractivity contribution in [1.82, 2.24) is 10.2 Å². The summed E-state index contributed by atoms with van der Waals surface area (Å²) in [6.07, 6.45) is 7.46. The predicted octanol–water partition coefficient (Wildman–Crippen LogP) is -0.417. The fourth-order valence-electron chi connectivity index (χ4n) is 1.82. The summed E-state index contributed by atoms with van der Waals surface area (Å²) in [7, 11) is 0. The minimum absolute atomic E-state index is 0.0109. The first-order valence-electron chi connectivity index (χ1n) is 5.33. The van der Waals surface area contributed by atoms with Gasteiger partial charge in [-0.3, -0.25) is 4.79 Å². The number of nitrogens with zero attached hydrogens (tertiary/aromatic N) is 1. The summed E-state index contributed by atoms with van der Waals surface area (Å²) in [5.41, 5.74) is 0. The molecule has 0 radical (unpaired) electrons. The molecule has 0 aromatic rings. The fourth-order valence-corrected chi connectivity index (χ4v) is 1.82. The third kappa shape index (κ3) is 3.90. The lowest BCUT2D eigenvalue weighted by atomic mass is 10.2. The van der Waals surface area contributed by atoms with E-state index in [-0.39, 0.29) is 18.9 Å². The summed E-state index contributed by atoms with van der Waals surface area (Å²) in [6, 6.07) is 0.360. The van der Waals surface area contributed by atoms with E-state index in [0.717, 1.165) is 19.4 Å². The SMILES string of the molecule is C#CCC(=O)N(CCO)CC1CCCN1. The molecule has 0 saturated carbocycles. The average molecular weight is 210 g/mol. The number of hydrogen-bond donors (Lipinski definition) is 2. The Morgan fingerprint density at radius 3 is 3.00 bits per heavy atom. The van der Waals surface area contributed by atoms with Gasteiger partial charge in [-0.15, -0.1) is 6.42 Å². The third-order valence-corrected chi connectivity index (χ3v) is 2.58. The fraction of sp³-hybridized carbons (Fsp3) is 0.727. The molecular weight excluding hydrogens is 192 g/mol. The number of nitrogens with one attached hydrogen (secondary N) is 1. The van der Waals surface area contributed by atoms with Crippen LogP contribution in [0.15, 0.2) is 0 Å². The van der Waals surface area contributed by atoms with Crippen molar-refractivity contribution < 1.29 is 9.90 Å². The molecule has 1 rings (SSSR count). The lowest BCUT2D eigenvalue weighted by Crippen LogP contribution is -2.42. The highest BCUT2D eigenvalue weighted by Gasteiger charge is 2.20. The standard InChI is InChI=1S/C11H18N2O2/c1-2-4-11(15)13(7-8-14)9-10-5-3-6-12-10/h1,10,12,14H,3-9H2. The van der Waals surface area contributed by atoms with Crippen molar-refractivity contribution in [2.45, 2.75) is 25.3 Å². The van der Waals surface area contributed by atoms with Gasteiger partial charge in [0.1, 0.15) is 0 Å². The van der Waals surface area contributed by atoms with Crippen LogP contribution >= 0.6 is 0 Å². The van der Waals surface area contributed by atoms with Gasteiger partial charge in [0.25, 0.3) is 0 Å². The van der Waals surface area contributed by atoms with Crippen LogP contribution in [-0.2, 0) is 4.79 Å². The number of carbonyl (C=O) groups is 1. The average Bonchev–Trinajstić information content (AvgIpc) is 2.70. The molecule has 1 saturated heterocycles. The van der Waals surface area contributed by atoms with Crippen molar-refractivity contribution in [2.75, 3.05) is 26.2 Å². The second kappa shape index (κ2) is 6.44. The Hall–Kier alpha value is -1.05. The molecule has 2 N–H and O–H groups in total. The van der Waals surface area contributed by atoms with Crippen molar-refractivity contribution >= 4 is 5.91 Å². The molecule has 1 atom stereocenters. The zero-order valence-corrected chi connectivity index (χ0v) is 8.91. The molecule has 1 heterocycles. The molecule has 4 heteroatoms.